The molecule has 2 aromatic rings. The highest BCUT2D eigenvalue weighted by atomic mass is 16.3. The molecule has 2 heterocycles. The lowest BCUT2D eigenvalue weighted by Crippen LogP contribution is -2.19. The average molecular weight is 214 g/mol. The summed E-state index contributed by atoms with van der Waals surface area (Å²) in [5.41, 5.74) is 4.45. The number of hydrogen-bond donors (Lipinski definition) is 2. The maximum absolute atomic E-state index is 9.16. The molecular formula is C13H14N2O. The van der Waals surface area contributed by atoms with Crippen LogP contribution in [0.2, 0.25) is 0 Å². The molecule has 3 rings (SSSR count). The van der Waals surface area contributed by atoms with E-state index in [1.165, 1.54) is 5.69 Å². The molecular weight excluding hydrogens is 200 g/mol. The standard InChI is InChI=1S/C13H14N2O/c1-9-14-12-5-4-10(8-16)7-11(12)13-3-2-6-15(9)13/h2-7,9,14,16H,8H2,1H3. The van der Waals surface area contributed by atoms with Crippen molar-refractivity contribution in [1.82, 2.24) is 4.57 Å². The van der Waals surface area contributed by atoms with E-state index in [1.54, 1.807) is 0 Å². The molecule has 1 aliphatic rings. The maximum Gasteiger partial charge on any atom is 0.100 e. The van der Waals surface area contributed by atoms with Crippen LogP contribution in [0.3, 0.4) is 0 Å². The van der Waals surface area contributed by atoms with E-state index in [2.05, 4.69) is 29.1 Å². The Balaban J connectivity index is 2.21. The van der Waals surface area contributed by atoms with E-state index >= 15 is 0 Å². The first kappa shape index (κ1) is 9.48. The topological polar surface area (TPSA) is 37.2 Å². The second-order valence-electron chi connectivity index (χ2n) is 4.16. The zero-order chi connectivity index (χ0) is 11.1. The second kappa shape index (κ2) is 3.39. The number of aliphatic hydroxyl groups excluding tert-OH is 1. The fourth-order valence-corrected chi connectivity index (χ4v) is 2.28. The Kier molecular flexibility index (Phi) is 2.01. The van der Waals surface area contributed by atoms with Gasteiger partial charge >= 0.3 is 0 Å². The Morgan fingerprint density at radius 1 is 1.38 bits per heavy atom. The molecule has 1 aromatic heterocycles. The minimum atomic E-state index is 0.0868. The quantitative estimate of drug-likeness (QED) is 0.765. The van der Waals surface area contributed by atoms with Crippen LogP contribution in [0.4, 0.5) is 5.69 Å². The van der Waals surface area contributed by atoms with Crippen LogP contribution in [0.15, 0.2) is 36.5 Å². The lowest BCUT2D eigenvalue weighted by molar-refractivity contribution is 0.282. The Bertz CT molecular complexity index is 530. The normalized spacial score (nSPS) is 17.5. The summed E-state index contributed by atoms with van der Waals surface area (Å²) in [6.45, 7) is 2.22. The Morgan fingerprint density at radius 3 is 3.06 bits per heavy atom. The Hall–Kier alpha value is -1.74. The lowest BCUT2D eigenvalue weighted by Gasteiger charge is -2.28. The molecule has 82 valence electrons. The molecule has 1 aromatic carbocycles. The van der Waals surface area contributed by atoms with Crippen molar-refractivity contribution in [2.75, 3.05) is 5.32 Å². The summed E-state index contributed by atoms with van der Waals surface area (Å²) in [5, 5.41) is 12.6. The number of benzene rings is 1. The molecule has 16 heavy (non-hydrogen) atoms. The molecule has 0 saturated heterocycles. The summed E-state index contributed by atoms with van der Waals surface area (Å²) in [6.07, 6.45) is 2.35. The van der Waals surface area contributed by atoms with E-state index in [-0.39, 0.29) is 12.8 Å². The maximum atomic E-state index is 9.16. The summed E-state index contributed by atoms with van der Waals surface area (Å²) in [6, 6.07) is 10.2. The molecule has 0 aliphatic carbocycles. The van der Waals surface area contributed by atoms with Gasteiger partial charge in [-0.25, -0.2) is 0 Å². The highest BCUT2D eigenvalue weighted by molar-refractivity contribution is 5.78. The number of aromatic nitrogens is 1. The monoisotopic (exact) mass is 214 g/mol. The van der Waals surface area contributed by atoms with Crippen LogP contribution in [0.5, 0.6) is 0 Å². The molecule has 0 radical (unpaired) electrons. The van der Waals surface area contributed by atoms with Crippen molar-refractivity contribution in [1.29, 1.82) is 0 Å². The van der Waals surface area contributed by atoms with Crippen molar-refractivity contribution in [2.45, 2.75) is 19.7 Å². The van der Waals surface area contributed by atoms with Crippen LogP contribution in [-0.4, -0.2) is 9.67 Å². The second-order valence-corrected chi connectivity index (χ2v) is 4.16. The zero-order valence-corrected chi connectivity index (χ0v) is 9.14. The van der Waals surface area contributed by atoms with E-state index < -0.39 is 0 Å². The first-order valence-corrected chi connectivity index (χ1v) is 5.47. The minimum Gasteiger partial charge on any atom is -0.392 e. The van der Waals surface area contributed by atoms with Gasteiger partial charge in [-0.2, -0.15) is 0 Å². The molecule has 0 fully saturated rings. The fraction of sp³-hybridized carbons (Fsp3) is 0.231. The molecule has 1 aliphatic heterocycles. The van der Waals surface area contributed by atoms with Gasteiger partial charge in [0.25, 0.3) is 0 Å². The first-order chi connectivity index (χ1) is 7.79. The Labute approximate surface area is 94.3 Å². The average Bonchev–Trinajstić information content (AvgIpc) is 2.78. The SMILES string of the molecule is CC1Nc2ccc(CO)cc2-c2cccn21. The number of fused-ring (bicyclic) bond motifs is 3. The van der Waals surface area contributed by atoms with Gasteiger partial charge in [0.2, 0.25) is 0 Å². The van der Waals surface area contributed by atoms with Crippen LogP contribution < -0.4 is 5.32 Å². The van der Waals surface area contributed by atoms with Crippen LogP contribution in [0, 0.1) is 0 Å². The van der Waals surface area contributed by atoms with Crippen LogP contribution in [0.1, 0.15) is 18.7 Å². The van der Waals surface area contributed by atoms with Gasteiger partial charge in [-0.15, -0.1) is 0 Å². The molecule has 1 unspecified atom stereocenters. The first-order valence-electron chi connectivity index (χ1n) is 5.47. The van der Waals surface area contributed by atoms with E-state index in [0.29, 0.717) is 0 Å². The van der Waals surface area contributed by atoms with Crippen molar-refractivity contribution in [2.24, 2.45) is 0 Å². The third-order valence-corrected chi connectivity index (χ3v) is 3.10. The summed E-state index contributed by atoms with van der Waals surface area (Å²) in [7, 11) is 0. The number of nitrogens with one attached hydrogen (secondary N) is 1. The zero-order valence-electron chi connectivity index (χ0n) is 9.14. The van der Waals surface area contributed by atoms with E-state index in [4.69, 9.17) is 5.11 Å². The lowest BCUT2D eigenvalue weighted by atomic mass is 10.0. The van der Waals surface area contributed by atoms with Gasteiger partial charge in [-0.3, -0.25) is 0 Å². The molecule has 3 nitrogen and oxygen atoms in total. The molecule has 0 bridgehead atoms. The van der Waals surface area contributed by atoms with Crippen molar-refractivity contribution in [3.05, 3.63) is 42.1 Å². The number of aliphatic hydroxyl groups is 1. The van der Waals surface area contributed by atoms with Gasteiger partial charge in [0.1, 0.15) is 6.17 Å². The smallest absolute Gasteiger partial charge is 0.100 e. The van der Waals surface area contributed by atoms with Gasteiger partial charge in [-0.1, -0.05) is 6.07 Å². The molecule has 0 saturated carbocycles. The predicted octanol–water partition coefficient (Wildman–Crippen LogP) is 2.59. The van der Waals surface area contributed by atoms with Gasteiger partial charge in [-0.05, 0) is 36.8 Å². The number of anilines is 1. The number of nitrogens with zero attached hydrogens (tertiary/aromatic N) is 1. The summed E-state index contributed by atoms with van der Waals surface area (Å²) < 4.78 is 2.20. The fourth-order valence-electron chi connectivity index (χ4n) is 2.28. The highest BCUT2D eigenvalue weighted by Gasteiger charge is 2.19. The van der Waals surface area contributed by atoms with Crippen molar-refractivity contribution < 1.29 is 5.11 Å². The van der Waals surface area contributed by atoms with Crippen LogP contribution >= 0.6 is 0 Å². The predicted molar refractivity (Wildman–Crippen MR) is 64.1 cm³/mol. The van der Waals surface area contributed by atoms with Gasteiger partial charge < -0.3 is 15.0 Å². The minimum absolute atomic E-state index is 0.0868. The van der Waals surface area contributed by atoms with E-state index in [0.717, 1.165) is 16.8 Å². The third kappa shape index (κ3) is 1.25. The van der Waals surface area contributed by atoms with Crippen LogP contribution in [0.25, 0.3) is 11.3 Å². The van der Waals surface area contributed by atoms with Gasteiger partial charge in [0, 0.05) is 17.4 Å². The summed E-state index contributed by atoms with van der Waals surface area (Å²) in [4.78, 5) is 0. The molecule has 0 spiro atoms. The Morgan fingerprint density at radius 2 is 2.25 bits per heavy atom. The molecule has 3 heteroatoms. The van der Waals surface area contributed by atoms with Crippen molar-refractivity contribution >= 4 is 5.69 Å². The highest BCUT2D eigenvalue weighted by Crippen LogP contribution is 2.36. The summed E-state index contributed by atoms with van der Waals surface area (Å²) >= 11 is 0. The third-order valence-electron chi connectivity index (χ3n) is 3.10. The van der Waals surface area contributed by atoms with Crippen LogP contribution in [-0.2, 0) is 6.61 Å². The number of rotatable bonds is 1. The molecule has 1 atom stereocenters. The number of hydrogen-bond acceptors (Lipinski definition) is 2. The van der Waals surface area contributed by atoms with Gasteiger partial charge in [0.05, 0.1) is 12.3 Å². The van der Waals surface area contributed by atoms with Crippen molar-refractivity contribution in [3.8, 4) is 11.3 Å². The largest absolute Gasteiger partial charge is 0.392 e. The van der Waals surface area contributed by atoms with E-state index in [1.807, 2.05) is 24.3 Å². The molecule has 0 amide bonds. The molecule has 2 N–H and O–H groups in total. The van der Waals surface area contributed by atoms with Crippen molar-refractivity contribution in [3.63, 3.8) is 0 Å². The van der Waals surface area contributed by atoms with E-state index in [9.17, 15) is 0 Å². The van der Waals surface area contributed by atoms with Gasteiger partial charge in [0.15, 0.2) is 0 Å². The summed E-state index contributed by atoms with van der Waals surface area (Å²) in [5.74, 6) is 0.